The van der Waals surface area contributed by atoms with Crippen molar-refractivity contribution in [2.45, 2.75) is 10.1 Å². The van der Waals surface area contributed by atoms with Crippen LogP contribution in [0.1, 0.15) is 10.9 Å². The third-order valence-electron chi connectivity index (χ3n) is 6.10. The zero-order valence-electron chi connectivity index (χ0n) is 18.8. The van der Waals surface area contributed by atoms with Gasteiger partial charge in [-0.1, -0.05) is 30.3 Å². The first-order valence-electron chi connectivity index (χ1n) is 11.2. The van der Waals surface area contributed by atoms with E-state index in [2.05, 4.69) is 9.88 Å². The van der Waals surface area contributed by atoms with Gasteiger partial charge in [0, 0.05) is 31.9 Å². The average molecular weight is 488 g/mol. The second-order valence-corrected chi connectivity index (χ2v) is 10.3. The van der Waals surface area contributed by atoms with Crippen molar-refractivity contribution in [3.05, 3.63) is 90.4 Å². The van der Waals surface area contributed by atoms with Gasteiger partial charge in [0.15, 0.2) is 11.1 Å². The number of fused-ring (bicyclic) bond motifs is 1. The topological polar surface area (TPSA) is 90.2 Å². The van der Waals surface area contributed by atoms with Gasteiger partial charge in [-0.3, -0.25) is 0 Å². The number of aromatic nitrogens is 2. The molecular weight excluding hydrogens is 465 g/mol. The smallest absolute Gasteiger partial charge is 0.200 e. The van der Waals surface area contributed by atoms with E-state index in [1.807, 2.05) is 23.1 Å². The molecule has 0 amide bonds. The summed E-state index contributed by atoms with van der Waals surface area (Å²) in [5.74, 6) is 0.110. The number of anilines is 2. The molecule has 0 saturated carbocycles. The van der Waals surface area contributed by atoms with Gasteiger partial charge in [0.1, 0.15) is 11.5 Å². The van der Waals surface area contributed by atoms with Gasteiger partial charge in [-0.15, -0.1) is 0 Å². The van der Waals surface area contributed by atoms with Crippen LogP contribution in [-0.4, -0.2) is 44.6 Å². The molecule has 176 valence electrons. The second kappa shape index (κ2) is 9.31. The lowest BCUT2D eigenvalue weighted by atomic mass is 10.2. The predicted octanol–water partition coefficient (Wildman–Crippen LogP) is 4.13. The Balaban J connectivity index is 1.53. The van der Waals surface area contributed by atoms with E-state index in [4.69, 9.17) is 4.98 Å². The minimum Gasteiger partial charge on any atom is -0.368 e. The number of sulfone groups is 1. The Morgan fingerprint density at radius 2 is 1.37 bits per heavy atom. The zero-order chi connectivity index (χ0) is 24.4. The Morgan fingerprint density at radius 1 is 0.800 bits per heavy atom. The summed E-state index contributed by atoms with van der Waals surface area (Å²) in [6.45, 7) is 2.34. The molecule has 0 unspecified atom stereocenters. The number of nitrogens with zero attached hydrogens (tertiary/aromatic N) is 5. The fourth-order valence-corrected chi connectivity index (χ4v) is 5.66. The summed E-state index contributed by atoms with van der Waals surface area (Å²) in [6, 6.07) is 23.5. The summed E-state index contributed by atoms with van der Waals surface area (Å²) in [4.78, 5) is 13.6. The maximum Gasteiger partial charge on any atom is 0.200 e. The monoisotopic (exact) mass is 487 g/mol. The van der Waals surface area contributed by atoms with E-state index in [1.165, 1.54) is 24.3 Å². The molecule has 2 heterocycles. The van der Waals surface area contributed by atoms with Gasteiger partial charge >= 0.3 is 0 Å². The molecule has 3 aromatic carbocycles. The van der Waals surface area contributed by atoms with Crippen LogP contribution in [0.2, 0.25) is 0 Å². The molecule has 35 heavy (non-hydrogen) atoms. The Labute approximate surface area is 203 Å². The van der Waals surface area contributed by atoms with Crippen LogP contribution >= 0.6 is 0 Å². The molecule has 0 radical (unpaired) electrons. The highest BCUT2D eigenvalue weighted by Crippen LogP contribution is 2.34. The molecule has 1 fully saturated rings. The van der Waals surface area contributed by atoms with Crippen LogP contribution in [0, 0.1) is 17.1 Å². The predicted molar refractivity (Wildman–Crippen MR) is 132 cm³/mol. The second-order valence-electron chi connectivity index (χ2n) is 8.24. The van der Waals surface area contributed by atoms with Crippen molar-refractivity contribution >= 4 is 32.4 Å². The summed E-state index contributed by atoms with van der Waals surface area (Å²) in [7, 11) is -4.03. The molecule has 1 aromatic heterocycles. The van der Waals surface area contributed by atoms with Gasteiger partial charge in [-0.05, 0) is 48.5 Å². The van der Waals surface area contributed by atoms with Crippen LogP contribution in [0.4, 0.5) is 15.9 Å². The zero-order valence-corrected chi connectivity index (χ0v) is 19.6. The van der Waals surface area contributed by atoms with Crippen molar-refractivity contribution in [3.8, 4) is 6.07 Å². The highest BCUT2D eigenvalue weighted by atomic mass is 32.2. The number of hydrogen-bond donors (Lipinski definition) is 0. The van der Waals surface area contributed by atoms with Crippen LogP contribution in [0.3, 0.4) is 0 Å². The van der Waals surface area contributed by atoms with Gasteiger partial charge in [-0.25, -0.2) is 22.8 Å². The van der Waals surface area contributed by atoms with Crippen molar-refractivity contribution in [2.75, 3.05) is 36.0 Å². The van der Waals surface area contributed by atoms with E-state index >= 15 is 0 Å². The Kier molecular flexibility index (Phi) is 6.05. The number of halogens is 1. The molecule has 1 atom stereocenters. The lowest BCUT2D eigenvalue weighted by Crippen LogP contribution is -2.47. The summed E-state index contributed by atoms with van der Waals surface area (Å²) < 4.78 is 40.2. The van der Waals surface area contributed by atoms with E-state index in [0.717, 1.165) is 5.69 Å². The highest BCUT2D eigenvalue weighted by Gasteiger charge is 2.35. The van der Waals surface area contributed by atoms with Crippen LogP contribution in [0.25, 0.3) is 11.0 Å². The standard InChI is InChI=1S/C26H22FN5O2S/c27-19-10-12-20(13-11-19)31-14-16-32(17-15-31)26-25(29-22-8-4-5-9-23(22)30-26)24(18-28)35(33,34)21-6-2-1-3-7-21/h1-13,24H,14-17H2/t24-/m0/s1. The highest BCUT2D eigenvalue weighted by molar-refractivity contribution is 7.92. The van der Waals surface area contributed by atoms with Gasteiger partial charge in [0.25, 0.3) is 0 Å². The SMILES string of the molecule is N#C[C@@H](c1nc2ccccc2nc1N1CCN(c2ccc(F)cc2)CC1)S(=O)(=O)c1ccccc1. The molecule has 1 aliphatic rings. The van der Waals surface area contributed by atoms with Crippen LogP contribution in [0.15, 0.2) is 83.8 Å². The molecule has 7 nitrogen and oxygen atoms in total. The van der Waals surface area contributed by atoms with Crippen LogP contribution < -0.4 is 9.80 Å². The molecule has 0 aliphatic carbocycles. The van der Waals surface area contributed by atoms with E-state index < -0.39 is 15.1 Å². The number of piperazine rings is 1. The van der Waals surface area contributed by atoms with Gasteiger partial charge < -0.3 is 9.80 Å². The third kappa shape index (κ3) is 4.40. The minimum absolute atomic E-state index is 0.0635. The number of rotatable bonds is 5. The number of para-hydroxylation sites is 2. The van der Waals surface area contributed by atoms with Crippen molar-refractivity contribution < 1.29 is 12.8 Å². The van der Waals surface area contributed by atoms with E-state index in [1.54, 1.807) is 42.5 Å². The number of nitriles is 1. The third-order valence-corrected chi connectivity index (χ3v) is 7.98. The lowest BCUT2D eigenvalue weighted by Gasteiger charge is -2.37. The van der Waals surface area contributed by atoms with E-state index in [-0.39, 0.29) is 16.4 Å². The first kappa shape index (κ1) is 22.7. The lowest BCUT2D eigenvalue weighted by molar-refractivity contribution is 0.589. The first-order valence-corrected chi connectivity index (χ1v) is 12.7. The van der Waals surface area contributed by atoms with Crippen LogP contribution in [-0.2, 0) is 9.84 Å². The quantitative estimate of drug-likeness (QED) is 0.418. The van der Waals surface area contributed by atoms with E-state index in [9.17, 15) is 18.1 Å². The molecule has 0 spiro atoms. The van der Waals surface area contributed by atoms with E-state index in [0.29, 0.717) is 43.0 Å². The van der Waals surface area contributed by atoms with Crippen molar-refractivity contribution in [1.29, 1.82) is 5.26 Å². The van der Waals surface area contributed by atoms with Crippen molar-refractivity contribution in [2.24, 2.45) is 0 Å². The fraction of sp³-hybridized carbons (Fsp3) is 0.192. The molecule has 4 aromatic rings. The Morgan fingerprint density at radius 3 is 2.00 bits per heavy atom. The number of benzene rings is 3. The first-order chi connectivity index (χ1) is 17.0. The molecule has 0 N–H and O–H groups in total. The van der Waals surface area contributed by atoms with Gasteiger partial charge in [-0.2, -0.15) is 5.26 Å². The molecule has 0 bridgehead atoms. The average Bonchev–Trinajstić information content (AvgIpc) is 2.90. The Hall–Kier alpha value is -4.03. The largest absolute Gasteiger partial charge is 0.368 e. The normalized spacial score (nSPS) is 15.1. The summed E-state index contributed by atoms with van der Waals surface area (Å²) >= 11 is 0. The summed E-state index contributed by atoms with van der Waals surface area (Å²) in [5.41, 5.74) is 2.20. The molecule has 9 heteroatoms. The molecular formula is C26H22FN5O2S. The number of hydrogen-bond acceptors (Lipinski definition) is 7. The Bertz CT molecular complexity index is 1500. The minimum atomic E-state index is -4.03. The van der Waals surface area contributed by atoms with Gasteiger partial charge in [0.2, 0.25) is 9.84 Å². The summed E-state index contributed by atoms with van der Waals surface area (Å²) in [6.07, 6.45) is 0. The maximum absolute atomic E-state index is 13.5. The van der Waals surface area contributed by atoms with Crippen molar-refractivity contribution in [3.63, 3.8) is 0 Å². The maximum atomic E-state index is 13.5. The molecule has 1 saturated heterocycles. The van der Waals surface area contributed by atoms with Gasteiger partial charge in [0.05, 0.1) is 22.0 Å². The molecule has 5 rings (SSSR count). The van der Waals surface area contributed by atoms with Crippen molar-refractivity contribution in [1.82, 2.24) is 9.97 Å². The fourth-order valence-electron chi connectivity index (χ4n) is 4.27. The molecule has 1 aliphatic heterocycles. The summed E-state index contributed by atoms with van der Waals surface area (Å²) in [5, 5.41) is 8.52. The van der Waals surface area contributed by atoms with Crippen LogP contribution in [0.5, 0.6) is 0 Å².